The van der Waals surface area contributed by atoms with Gasteiger partial charge in [-0.25, -0.2) is 4.79 Å². The molecule has 0 saturated carbocycles. The number of Topliss-reactive ketones (excluding diaryl/α,β-unsaturated/α-hetero) is 1. The Morgan fingerprint density at radius 3 is 2.62 bits per heavy atom. The molecule has 0 aliphatic heterocycles. The van der Waals surface area contributed by atoms with Crippen LogP contribution < -0.4 is 0 Å². The van der Waals surface area contributed by atoms with Gasteiger partial charge in [-0.05, 0) is 54.9 Å². The van der Waals surface area contributed by atoms with Crippen molar-refractivity contribution >= 4 is 27.7 Å². The Labute approximate surface area is 148 Å². The predicted molar refractivity (Wildman–Crippen MR) is 91.5 cm³/mol. The molecule has 0 spiro atoms. The summed E-state index contributed by atoms with van der Waals surface area (Å²) in [5.74, 6) is -0.873. The van der Waals surface area contributed by atoms with E-state index in [1.54, 1.807) is 19.2 Å². The number of esters is 1. The molecule has 24 heavy (non-hydrogen) atoms. The zero-order valence-corrected chi connectivity index (χ0v) is 15.7. The first-order chi connectivity index (χ1) is 11.3. The van der Waals surface area contributed by atoms with Crippen LogP contribution in [0.2, 0.25) is 0 Å². The van der Waals surface area contributed by atoms with Crippen molar-refractivity contribution in [1.82, 2.24) is 4.57 Å². The third-order valence-corrected chi connectivity index (χ3v) is 4.17. The lowest BCUT2D eigenvalue weighted by Gasteiger charge is -2.17. The molecule has 2 aromatic rings. The lowest BCUT2D eigenvalue weighted by atomic mass is 10.1. The fourth-order valence-electron chi connectivity index (χ4n) is 2.76. The van der Waals surface area contributed by atoms with Crippen molar-refractivity contribution in [2.45, 2.75) is 26.8 Å². The Balaban J connectivity index is 2.07. The number of furan rings is 1. The number of hydrogen-bond donors (Lipinski definition) is 0. The summed E-state index contributed by atoms with van der Waals surface area (Å²) in [5, 5.41) is 0. The Hall–Kier alpha value is -1.86. The molecule has 0 aromatic carbocycles. The van der Waals surface area contributed by atoms with E-state index in [4.69, 9.17) is 13.9 Å². The van der Waals surface area contributed by atoms with Crippen LogP contribution in [-0.2, 0) is 9.47 Å². The second-order valence-corrected chi connectivity index (χ2v) is 6.34. The highest BCUT2D eigenvalue weighted by atomic mass is 79.9. The van der Waals surface area contributed by atoms with Crippen LogP contribution in [-0.4, -0.2) is 36.6 Å². The molecule has 7 heteroatoms. The molecular formula is C17H20BrNO5. The Kier molecular flexibility index (Phi) is 6.01. The average molecular weight is 398 g/mol. The number of nitrogens with zero attached hydrogens (tertiary/aromatic N) is 1. The van der Waals surface area contributed by atoms with Crippen molar-refractivity contribution in [1.29, 1.82) is 0 Å². The van der Waals surface area contributed by atoms with Crippen LogP contribution in [0, 0.1) is 13.8 Å². The lowest BCUT2D eigenvalue weighted by molar-refractivity contribution is 0.0442. The van der Waals surface area contributed by atoms with Crippen molar-refractivity contribution in [3.8, 4) is 0 Å². The van der Waals surface area contributed by atoms with Crippen molar-refractivity contribution in [3.63, 3.8) is 0 Å². The summed E-state index contributed by atoms with van der Waals surface area (Å²) in [6.45, 7) is 6.04. The zero-order chi connectivity index (χ0) is 17.9. The molecule has 0 fully saturated rings. The van der Waals surface area contributed by atoms with Gasteiger partial charge < -0.3 is 18.5 Å². The minimum atomic E-state index is -0.671. The maximum Gasteiger partial charge on any atom is 0.374 e. The molecule has 0 aliphatic carbocycles. The third kappa shape index (κ3) is 3.96. The number of rotatable bonds is 7. The van der Waals surface area contributed by atoms with E-state index in [2.05, 4.69) is 15.9 Å². The largest absolute Gasteiger partial charge is 0.451 e. The second kappa shape index (κ2) is 7.81. The third-order valence-electron chi connectivity index (χ3n) is 3.74. The first-order valence-corrected chi connectivity index (χ1v) is 8.27. The van der Waals surface area contributed by atoms with E-state index in [-0.39, 0.29) is 24.2 Å². The van der Waals surface area contributed by atoms with Crippen molar-refractivity contribution in [3.05, 3.63) is 45.6 Å². The highest BCUT2D eigenvalue weighted by Crippen LogP contribution is 2.21. The Morgan fingerprint density at radius 2 is 2.04 bits per heavy atom. The maximum atomic E-state index is 12.4. The first-order valence-electron chi connectivity index (χ1n) is 7.48. The zero-order valence-electron chi connectivity index (χ0n) is 14.1. The number of aryl methyl sites for hydroxylation is 1. The summed E-state index contributed by atoms with van der Waals surface area (Å²) < 4.78 is 17.8. The van der Waals surface area contributed by atoms with Gasteiger partial charge in [0.15, 0.2) is 11.3 Å². The molecule has 0 saturated heterocycles. The Morgan fingerprint density at radius 1 is 1.33 bits per heavy atom. The van der Waals surface area contributed by atoms with Gasteiger partial charge in [0.1, 0.15) is 0 Å². The molecule has 0 radical (unpaired) electrons. The fourth-order valence-corrected chi connectivity index (χ4v) is 3.06. The molecule has 6 nitrogen and oxygen atoms in total. The molecule has 2 aromatic heterocycles. The van der Waals surface area contributed by atoms with Gasteiger partial charge >= 0.3 is 5.97 Å². The summed E-state index contributed by atoms with van der Waals surface area (Å²) in [5.41, 5.74) is 2.34. The van der Waals surface area contributed by atoms with Gasteiger partial charge in [-0.2, -0.15) is 0 Å². The molecule has 2 rings (SSSR count). The molecule has 0 unspecified atom stereocenters. The number of carbonyl (C=O) groups excluding carboxylic acids is 2. The summed E-state index contributed by atoms with van der Waals surface area (Å²) in [6, 6.07) is 4.99. The average Bonchev–Trinajstić information content (AvgIpc) is 3.08. The normalized spacial score (nSPS) is 12.2. The smallest absolute Gasteiger partial charge is 0.374 e. The predicted octanol–water partition coefficient (Wildman–Crippen LogP) is 3.71. The molecule has 0 N–H and O–H groups in total. The van der Waals surface area contributed by atoms with Crippen molar-refractivity contribution < 1.29 is 23.5 Å². The van der Waals surface area contributed by atoms with Gasteiger partial charge in [-0.1, -0.05) is 0 Å². The molecule has 1 atom stereocenters. The van der Waals surface area contributed by atoms with Crippen LogP contribution in [0.1, 0.15) is 45.3 Å². The number of halogens is 1. The molecule has 0 bridgehead atoms. The van der Waals surface area contributed by atoms with Gasteiger partial charge in [-0.15, -0.1) is 0 Å². The summed E-state index contributed by atoms with van der Waals surface area (Å²) in [6.07, 6.45) is 0. The Bertz CT molecular complexity index is 746. The summed E-state index contributed by atoms with van der Waals surface area (Å²) in [7, 11) is 1.64. The van der Waals surface area contributed by atoms with E-state index >= 15 is 0 Å². The van der Waals surface area contributed by atoms with Gasteiger partial charge in [0.05, 0.1) is 12.6 Å². The SMILES string of the molecule is COC[C@@H](C)n1c(C)cc(C(=O)COC(=O)c2ccc(Br)o2)c1C. The number of ether oxygens (including phenoxy) is 2. The summed E-state index contributed by atoms with van der Waals surface area (Å²) >= 11 is 3.11. The van der Waals surface area contributed by atoms with Gasteiger partial charge in [0.25, 0.3) is 0 Å². The number of ketones is 1. The number of carbonyl (C=O) groups is 2. The van der Waals surface area contributed by atoms with E-state index in [9.17, 15) is 9.59 Å². The number of aromatic nitrogens is 1. The van der Waals surface area contributed by atoms with Crippen LogP contribution >= 0.6 is 15.9 Å². The van der Waals surface area contributed by atoms with E-state index in [1.165, 1.54) is 6.07 Å². The maximum absolute atomic E-state index is 12.4. The van der Waals surface area contributed by atoms with Crippen LogP contribution in [0.25, 0.3) is 0 Å². The topological polar surface area (TPSA) is 70.7 Å². The number of methoxy groups -OCH3 is 1. The van der Waals surface area contributed by atoms with Crippen molar-refractivity contribution in [2.24, 2.45) is 0 Å². The van der Waals surface area contributed by atoms with Gasteiger partial charge in [0.2, 0.25) is 11.5 Å². The first kappa shape index (κ1) is 18.5. The molecule has 2 heterocycles. The minimum absolute atomic E-state index is 0.0499. The van der Waals surface area contributed by atoms with Crippen LogP contribution in [0.15, 0.2) is 27.3 Å². The standard InChI is InChI=1S/C17H20BrNO5/c1-10-7-13(12(3)19(10)11(2)8-22-4)14(20)9-23-17(21)15-5-6-16(18)24-15/h5-7,11H,8-9H2,1-4H3/t11-/m1/s1. The van der Waals surface area contributed by atoms with Crippen LogP contribution in [0.3, 0.4) is 0 Å². The van der Waals surface area contributed by atoms with Crippen LogP contribution in [0.5, 0.6) is 0 Å². The van der Waals surface area contributed by atoms with Crippen molar-refractivity contribution in [2.75, 3.05) is 20.3 Å². The van der Waals surface area contributed by atoms with E-state index < -0.39 is 5.97 Å². The summed E-state index contributed by atoms with van der Waals surface area (Å²) in [4.78, 5) is 24.2. The van der Waals surface area contributed by atoms with Gasteiger partial charge in [-0.3, -0.25) is 4.79 Å². The lowest BCUT2D eigenvalue weighted by Crippen LogP contribution is -2.16. The quantitative estimate of drug-likeness (QED) is 0.525. The monoisotopic (exact) mass is 397 g/mol. The fraction of sp³-hybridized carbons (Fsp3) is 0.412. The minimum Gasteiger partial charge on any atom is -0.451 e. The number of hydrogen-bond acceptors (Lipinski definition) is 5. The van der Waals surface area contributed by atoms with E-state index in [0.29, 0.717) is 16.8 Å². The van der Waals surface area contributed by atoms with Gasteiger partial charge in [0, 0.05) is 24.1 Å². The molecule has 0 amide bonds. The second-order valence-electron chi connectivity index (χ2n) is 5.56. The highest BCUT2D eigenvalue weighted by molar-refractivity contribution is 9.10. The van der Waals surface area contributed by atoms with Crippen LogP contribution in [0.4, 0.5) is 0 Å². The molecule has 130 valence electrons. The molecular weight excluding hydrogens is 378 g/mol. The molecule has 0 aliphatic rings. The van der Waals surface area contributed by atoms with E-state index in [0.717, 1.165) is 11.4 Å². The highest BCUT2D eigenvalue weighted by Gasteiger charge is 2.21. The van der Waals surface area contributed by atoms with E-state index in [1.807, 2.05) is 25.3 Å².